The average molecular weight is 427 g/mol. The minimum Gasteiger partial charge on any atom is -0.312 e. The molecule has 5 aliphatic rings. The number of piperidine rings is 1. The second-order valence-electron chi connectivity index (χ2n) is 12.7. The Kier molecular flexibility index (Phi) is 6.41. The Hall–Kier alpha value is -0.630. The topological polar surface area (TPSA) is 59.9 Å². The molecular weight excluding hydrogens is 380 g/mol. The van der Waals surface area contributed by atoms with Crippen LogP contribution in [0.3, 0.4) is 0 Å². The summed E-state index contributed by atoms with van der Waals surface area (Å²) in [5, 5.41) is 13.5. The summed E-state index contributed by atoms with van der Waals surface area (Å²) in [4.78, 5) is 0. The quantitative estimate of drug-likeness (QED) is 0.593. The zero-order chi connectivity index (χ0) is 21.6. The van der Waals surface area contributed by atoms with Crippen LogP contribution in [0.5, 0.6) is 0 Å². The number of nitriles is 1. The molecular formula is C27H46N4. The van der Waals surface area contributed by atoms with Crippen molar-refractivity contribution >= 4 is 0 Å². The summed E-state index contributed by atoms with van der Waals surface area (Å²) in [5.74, 6) is 5.90. The summed E-state index contributed by atoms with van der Waals surface area (Å²) in [6, 6.07) is 4.56. The van der Waals surface area contributed by atoms with Crippen LogP contribution < -0.4 is 16.2 Å². The van der Waals surface area contributed by atoms with Gasteiger partial charge in [-0.25, -0.2) is 0 Å². The summed E-state index contributed by atoms with van der Waals surface area (Å²) in [6.45, 7) is 7.92. The monoisotopic (exact) mass is 426 g/mol. The second kappa shape index (κ2) is 8.96. The van der Waals surface area contributed by atoms with E-state index in [4.69, 9.17) is 0 Å². The van der Waals surface area contributed by atoms with E-state index in [1.165, 1.54) is 70.6 Å². The minimum atomic E-state index is -0.164. The maximum Gasteiger partial charge on any atom is 0.0686 e. The lowest BCUT2D eigenvalue weighted by Gasteiger charge is -2.50. The molecule has 0 bridgehead atoms. The Morgan fingerprint density at radius 2 is 1.55 bits per heavy atom. The summed E-state index contributed by atoms with van der Waals surface area (Å²) < 4.78 is 0. The number of nitrogens with one attached hydrogen (secondary N) is 3. The number of hydrazine groups is 1. The van der Waals surface area contributed by atoms with Gasteiger partial charge in [-0.15, -0.1) is 0 Å². The highest BCUT2D eigenvalue weighted by atomic mass is 15.4. The molecule has 5 rings (SSSR count). The van der Waals surface area contributed by atoms with Crippen LogP contribution in [0.15, 0.2) is 0 Å². The van der Waals surface area contributed by atoms with Crippen molar-refractivity contribution in [3.05, 3.63) is 0 Å². The molecule has 3 saturated carbocycles. The summed E-state index contributed by atoms with van der Waals surface area (Å²) in [6.07, 6.45) is 15.3. The van der Waals surface area contributed by atoms with Crippen LogP contribution in [-0.2, 0) is 0 Å². The molecule has 0 aromatic carbocycles. The highest BCUT2D eigenvalue weighted by molar-refractivity contribution is 5.08. The Morgan fingerprint density at radius 3 is 2.29 bits per heavy atom. The first-order valence-electron chi connectivity index (χ1n) is 13.6. The summed E-state index contributed by atoms with van der Waals surface area (Å²) in [7, 11) is 0. The molecule has 0 aromatic rings. The van der Waals surface area contributed by atoms with Crippen molar-refractivity contribution in [2.75, 3.05) is 6.54 Å². The van der Waals surface area contributed by atoms with E-state index in [2.05, 4.69) is 43.0 Å². The predicted octanol–water partition coefficient (Wildman–Crippen LogP) is 5.02. The van der Waals surface area contributed by atoms with Gasteiger partial charge in [0.25, 0.3) is 0 Å². The van der Waals surface area contributed by atoms with E-state index in [0.29, 0.717) is 18.0 Å². The average Bonchev–Trinajstić information content (AvgIpc) is 3.23. The Bertz CT molecular complexity index is 661. The lowest BCUT2D eigenvalue weighted by Crippen LogP contribution is -2.58. The Balaban J connectivity index is 1.26. The molecule has 8 atom stereocenters. The smallest absolute Gasteiger partial charge is 0.0686 e. The first kappa shape index (κ1) is 22.2. The molecule has 174 valence electrons. The van der Waals surface area contributed by atoms with Crippen molar-refractivity contribution < 1.29 is 0 Å². The standard InChI is InChI=1S/C27H46N4/c1-17-5-4-6-19(13-17)20-9-12-23-22(14-20)25-24(15-29-23)30-31-26(25)18-7-10-21(11-8-18)27(2,3)16-28/h17-26,29-31H,4-15H2,1-3H3. The predicted molar refractivity (Wildman–Crippen MR) is 126 cm³/mol. The van der Waals surface area contributed by atoms with Gasteiger partial charge in [-0.3, -0.25) is 10.9 Å². The maximum atomic E-state index is 9.58. The molecule has 3 aliphatic carbocycles. The zero-order valence-electron chi connectivity index (χ0n) is 20.2. The van der Waals surface area contributed by atoms with Gasteiger partial charge in [0, 0.05) is 24.7 Å². The van der Waals surface area contributed by atoms with Gasteiger partial charge in [0.15, 0.2) is 0 Å². The van der Waals surface area contributed by atoms with Crippen LogP contribution in [0.2, 0.25) is 0 Å². The number of hydrogen-bond donors (Lipinski definition) is 3. The SMILES string of the molecule is CC1CCCC(C2CCC3NCC4NNC(C5CCC(C(C)(C)C#N)CC5)C4C3C2)C1. The second-order valence-corrected chi connectivity index (χ2v) is 12.7. The van der Waals surface area contributed by atoms with E-state index in [-0.39, 0.29) is 5.41 Å². The van der Waals surface area contributed by atoms with Gasteiger partial charge in [0.1, 0.15) is 0 Å². The molecule has 0 radical (unpaired) electrons. The largest absolute Gasteiger partial charge is 0.312 e. The molecule has 0 aromatic heterocycles. The van der Waals surface area contributed by atoms with Gasteiger partial charge in [0.2, 0.25) is 0 Å². The van der Waals surface area contributed by atoms with Crippen LogP contribution in [-0.4, -0.2) is 24.7 Å². The fraction of sp³-hybridized carbons (Fsp3) is 0.963. The van der Waals surface area contributed by atoms with Crippen molar-refractivity contribution in [2.24, 2.45) is 46.8 Å². The van der Waals surface area contributed by atoms with Crippen LogP contribution in [0.4, 0.5) is 0 Å². The van der Waals surface area contributed by atoms with Crippen LogP contribution in [0, 0.1) is 58.2 Å². The molecule has 2 aliphatic heterocycles. The van der Waals surface area contributed by atoms with E-state index in [9.17, 15) is 5.26 Å². The third-order valence-electron chi connectivity index (χ3n) is 10.6. The van der Waals surface area contributed by atoms with Crippen molar-refractivity contribution in [3.8, 4) is 6.07 Å². The molecule has 0 amide bonds. The Labute approximate surface area is 190 Å². The van der Waals surface area contributed by atoms with E-state index in [1.807, 2.05) is 0 Å². The molecule has 4 heteroatoms. The number of hydrogen-bond acceptors (Lipinski definition) is 4. The van der Waals surface area contributed by atoms with E-state index >= 15 is 0 Å². The fourth-order valence-electron chi connectivity index (χ4n) is 8.66. The molecule has 31 heavy (non-hydrogen) atoms. The van der Waals surface area contributed by atoms with Crippen molar-refractivity contribution in [2.45, 2.75) is 110 Å². The fourth-order valence-corrected chi connectivity index (χ4v) is 8.66. The normalized spacial score (nSPS) is 48.5. The third kappa shape index (κ3) is 4.32. The van der Waals surface area contributed by atoms with Crippen molar-refractivity contribution in [3.63, 3.8) is 0 Å². The Morgan fingerprint density at radius 1 is 0.806 bits per heavy atom. The molecule has 0 spiro atoms. The minimum absolute atomic E-state index is 0.164. The van der Waals surface area contributed by atoms with Gasteiger partial charge < -0.3 is 5.32 Å². The van der Waals surface area contributed by atoms with Crippen LogP contribution >= 0.6 is 0 Å². The molecule has 4 nitrogen and oxygen atoms in total. The zero-order valence-corrected chi connectivity index (χ0v) is 20.2. The van der Waals surface area contributed by atoms with Crippen molar-refractivity contribution in [1.29, 1.82) is 5.26 Å². The lowest BCUT2D eigenvalue weighted by atomic mass is 9.59. The first-order valence-corrected chi connectivity index (χ1v) is 13.6. The van der Waals surface area contributed by atoms with Gasteiger partial charge in [-0.05, 0) is 107 Å². The summed E-state index contributed by atoms with van der Waals surface area (Å²) >= 11 is 0. The molecule has 8 unspecified atom stereocenters. The van der Waals surface area contributed by atoms with Gasteiger partial charge >= 0.3 is 0 Å². The highest BCUT2D eigenvalue weighted by Gasteiger charge is 2.52. The van der Waals surface area contributed by atoms with Crippen LogP contribution in [0.25, 0.3) is 0 Å². The third-order valence-corrected chi connectivity index (χ3v) is 10.6. The molecule has 2 saturated heterocycles. The highest BCUT2D eigenvalue weighted by Crippen LogP contribution is 2.49. The van der Waals surface area contributed by atoms with E-state index < -0.39 is 0 Å². The lowest BCUT2D eigenvalue weighted by molar-refractivity contribution is 0.0406. The van der Waals surface area contributed by atoms with E-state index in [1.54, 1.807) is 0 Å². The van der Waals surface area contributed by atoms with Gasteiger partial charge in [-0.2, -0.15) is 5.26 Å². The molecule has 3 N–H and O–H groups in total. The molecule has 2 heterocycles. The van der Waals surface area contributed by atoms with Crippen LogP contribution in [0.1, 0.15) is 91.4 Å². The maximum absolute atomic E-state index is 9.58. The van der Waals surface area contributed by atoms with E-state index in [0.717, 1.165) is 48.1 Å². The summed E-state index contributed by atoms with van der Waals surface area (Å²) in [5.41, 5.74) is 7.38. The van der Waals surface area contributed by atoms with Gasteiger partial charge in [0.05, 0.1) is 11.5 Å². The number of fused-ring (bicyclic) bond motifs is 3. The first-order chi connectivity index (χ1) is 15.0. The van der Waals surface area contributed by atoms with Gasteiger partial charge in [-0.1, -0.05) is 26.2 Å². The van der Waals surface area contributed by atoms with Crippen molar-refractivity contribution in [1.82, 2.24) is 16.2 Å². The molecule has 5 fully saturated rings. The number of nitrogens with zero attached hydrogens (tertiary/aromatic N) is 1. The number of rotatable bonds is 3.